The van der Waals surface area contributed by atoms with E-state index in [0.29, 0.717) is 11.3 Å². The lowest BCUT2D eigenvalue weighted by molar-refractivity contribution is -0.385. The van der Waals surface area contributed by atoms with Crippen molar-refractivity contribution in [2.75, 3.05) is 0 Å². The number of nitro benzene ring substituents is 1. The molecule has 1 aliphatic rings. The third-order valence-electron chi connectivity index (χ3n) is 3.24. The van der Waals surface area contributed by atoms with Crippen molar-refractivity contribution in [3.63, 3.8) is 0 Å². The molecular weight excluding hydrogens is 380 g/mol. The Bertz CT molecular complexity index is 809. The monoisotopic (exact) mass is 392 g/mol. The van der Waals surface area contributed by atoms with Gasteiger partial charge in [0.25, 0.3) is 5.69 Å². The number of allylic oxidation sites excluding steroid dienone is 4. The third kappa shape index (κ3) is 3.83. The van der Waals surface area contributed by atoms with Gasteiger partial charge in [-0.3, -0.25) is 14.9 Å². The van der Waals surface area contributed by atoms with E-state index in [1.54, 1.807) is 6.08 Å². The predicted octanol–water partition coefficient (Wildman–Crippen LogP) is 3.59. The SMILES string of the molecule is CC(C)C1=CC(=NOC(=O)c2cccc([N+](=O)[O-])c2Br)C=CC1=O. The first-order valence-corrected chi connectivity index (χ1v) is 7.76. The molecule has 7 nitrogen and oxygen atoms in total. The second-order valence-corrected chi connectivity index (χ2v) is 6.04. The number of nitrogens with zero attached hydrogens (tertiary/aromatic N) is 2. The first kappa shape index (κ1) is 17.7. The van der Waals surface area contributed by atoms with Gasteiger partial charge in [-0.2, -0.15) is 0 Å². The van der Waals surface area contributed by atoms with E-state index in [-0.39, 0.29) is 27.4 Å². The van der Waals surface area contributed by atoms with Crippen molar-refractivity contribution in [1.29, 1.82) is 0 Å². The number of rotatable bonds is 4. The molecule has 124 valence electrons. The fourth-order valence-electron chi connectivity index (χ4n) is 2.01. The average Bonchev–Trinajstić information content (AvgIpc) is 2.53. The fraction of sp³-hybridized carbons (Fsp3) is 0.188. The molecule has 0 spiro atoms. The van der Waals surface area contributed by atoms with E-state index >= 15 is 0 Å². The van der Waals surface area contributed by atoms with Crippen molar-refractivity contribution in [2.45, 2.75) is 13.8 Å². The molecule has 8 heteroatoms. The van der Waals surface area contributed by atoms with Crippen LogP contribution < -0.4 is 0 Å². The summed E-state index contributed by atoms with van der Waals surface area (Å²) >= 11 is 3.02. The highest BCUT2D eigenvalue weighted by molar-refractivity contribution is 9.10. The maximum absolute atomic E-state index is 12.1. The molecule has 24 heavy (non-hydrogen) atoms. The highest BCUT2D eigenvalue weighted by atomic mass is 79.9. The molecular formula is C16H13BrN2O5. The minimum absolute atomic E-state index is 0.00858. The van der Waals surface area contributed by atoms with Crippen LogP contribution in [0.25, 0.3) is 0 Å². The number of carbonyl (C=O) groups is 2. The van der Waals surface area contributed by atoms with Crippen LogP contribution in [0.15, 0.2) is 51.6 Å². The number of hydrogen-bond acceptors (Lipinski definition) is 6. The highest BCUT2D eigenvalue weighted by Crippen LogP contribution is 2.28. The average molecular weight is 393 g/mol. The molecule has 0 unspecified atom stereocenters. The molecule has 0 aromatic heterocycles. The highest BCUT2D eigenvalue weighted by Gasteiger charge is 2.21. The van der Waals surface area contributed by atoms with Gasteiger partial charge in [-0.25, -0.2) is 4.79 Å². The number of ketones is 1. The summed E-state index contributed by atoms with van der Waals surface area (Å²) in [6.45, 7) is 3.74. The van der Waals surface area contributed by atoms with Gasteiger partial charge in [-0.05, 0) is 46.1 Å². The molecule has 0 atom stereocenters. The van der Waals surface area contributed by atoms with Crippen LogP contribution >= 0.6 is 15.9 Å². The van der Waals surface area contributed by atoms with Gasteiger partial charge >= 0.3 is 5.97 Å². The fourth-order valence-corrected chi connectivity index (χ4v) is 2.58. The van der Waals surface area contributed by atoms with Crippen molar-refractivity contribution < 1.29 is 19.3 Å². The molecule has 0 saturated carbocycles. The molecule has 0 aliphatic heterocycles. The molecule has 0 amide bonds. The second kappa shape index (κ2) is 7.31. The Labute approximate surface area is 146 Å². The zero-order chi connectivity index (χ0) is 17.9. The summed E-state index contributed by atoms with van der Waals surface area (Å²) in [6.07, 6.45) is 4.33. The number of halogens is 1. The number of carbonyl (C=O) groups excluding carboxylic acids is 2. The Kier molecular flexibility index (Phi) is 5.40. The predicted molar refractivity (Wildman–Crippen MR) is 90.7 cm³/mol. The summed E-state index contributed by atoms with van der Waals surface area (Å²) in [7, 11) is 0. The minimum atomic E-state index is -0.845. The van der Waals surface area contributed by atoms with Gasteiger partial charge in [-0.1, -0.05) is 25.1 Å². The van der Waals surface area contributed by atoms with Crippen molar-refractivity contribution in [2.24, 2.45) is 11.1 Å². The van der Waals surface area contributed by atoms with Crippen molar-refractivity contribution in [3.05, 3.63) is 62.2 Å². The van der Waals surface area contributed by atoms with Gasteiger partial charge in [0.05, 0.1) is 10.5 Å². The summed E-state index contributed by atoms with van der Waals surface area (Å²) in [5.41, 5.74) is 0.608. The van der Waals surface area contributed by atoms with Crippen LogP contribution in [0.2, 0.25) is 0 Å². The van der Waals surface area contributed by atoms with Gasteiger partial charge in [0, 0.05) is 11.6 Å². The summed E-state index contributed by atoms with van der Waals surface area (Å²) < 4.78 is 0.0213. The van der Waals surface area contributed by atoms with Gasteiger partial charge in [0.15, 0.2) is 5.78 Å². The van der Waals surface area contributed by atoms with Crippen molar-refractivity contribution >= 4 is 39.1 Å². The van der Waals surface area contributed by atoms with Crippen LogP contribution in [-0.2, 0) is 9.63 Å². The third-order valence-corrected chi connectivity index (χ3v) is 4.08. The van der Waals surface area contributed by atoms with Crippen LogP contribution in [-0.4, -0.2) is 22.4 Å². The number of nitro groups is 1. The Hall–Kier alpha value is -2.61. The van der Waals surface area contributed by atoms with E-state index in [4.69, 9.17) is 4.84 Å². The first-order chi connectivity index (χ1) is 11.3. The zero-order valence-corrected chi connectivity index (χ0v) is 14.4. The standard InChI is InChI=1S/C16H13BrN2O5/c1-9(2)12-8-10(6-7-14(12)20)18-24-16(21)11-4-3-5-13(15(11)17)19(22)23/h3-9H,1-2H3. The van der Waals surface area contributed by atoms with Crippen molar-refractivity contribution in [3.8, 4) is 0 Å². The lowest BCUT2D eigenvalue weighted by Gasteiger charge is -2.11. The minimum Gasteiger partial charge on any atom is -0.312 e. The Balaban J connectivity index is 2.22. The molecule has 0 saturated heterocycles. The Morgan fingerprint density at radius 3 is 2.67 bits per heavy atom. The molecule has 2 rings (SSSR count). The number of oxime groups is 1. The normalized spacial score (nSPS) is 15.6. The lowest BCUT2D eigenvalue weighted by atomic mass is 9.94. The topological polar surface area (TPSA) is 98.9 Å². The Morgan fingerprint density at radius 1 is 1.33 bits per heavy atom. The molecule has 1 aromatic carbocycles. The first-order valence-electron chi connectivity index (χ1n) is 6.97. The van der Waals surface area contributed by atoms with Crippen molar-refractivity contribution in [1.82, 2.24) is 0 Å². The van der Waals surface area contributed by atoms with E-state index in [1.807, 2.05) is 13.8 Å². The van der Waals surface area contributed by atoms with E-state index in [2.05, 4.69) is 21.1 Å². The van der Waals surface area contributed by atoms with Gasteiger partial charge < -0.3 is 4.84 Å². The quantitative estimate of drug-likeness (QED) is 0.337. The van der Waals surface area contributed by atoms with E-state index in [0.717, 1.165) is 0 Å². The largest absolute Gasteiger partial charge is 0.367 e. The van der Waals surface area contributed by atoms with Gasteiger partial charge in [0.2, 0.25) is 0 Å². The molecule has 1 aliphatic carbocycles. The van der Waals surface area contributed by atoms with E-state index < -0.39 is 10.9 Å². The van der Waals surface area contributed by atoms with E-state index in [9.17, 15) is 19.7 Å². The lowest BCUT2D eigenvalue weighted by Crippen LogP contribution is -2.13. The molecule has 1 aromatic rings. The van der Waals surface area contributed by atoms with Crippen LogP contribution in [0.5, 0.6) is 0 Å². The molecule has 0 radical (unpaired) electrons. The number of hydrogen-bond donors (Lipinski definition) is 0. The molecule has 0 bridgehead atoms. The van der Waals surface area contributed by atoms with Crippen LogP contribution in [0.4, 0.5) is 5.69 Å². The summed E-state index contributed by atoms with van der Waals surface area (Å²) in [4.78, 5) is 38.9. The van der Waals surface area contributed by atoms with Gasteiger partial charge in [0.1, 0.15) is 10.2 Å². The molecule has 0 fully saturated rings. The molecule has 0 N–H and O–H groups in total. The van der Waals surface area contributed by atoms with E-state index in [1.165, 1.54) is 30.4 Å². The van der Waals surface area contributed by atoms with Gasteiger partial charge in [-0.15, -0.1) is 0 Å². The second-order valence-electron chi connectivity index (χ2n) is 5.24. The maximum atomic E-state index is 12.1. The summed E-state index contributed by atoms with van der Waals surface area (Å²) in [5.74, 6) is -0.950. The van der Waals surface area contributed by atoms with Crippen LogP contribution in [0.3, 0.4) is 0 Å². The van der Waals surface area contributed by atoms with Crippen LogP contribution in [0, 0.1) is 16.0 Å². The number of benzene rings is 1. The zero-order valence-electron chi connectivity index (χ0n) is 12.9. The summed E-state index contributed by atoms with van der Waals surface area (Å²) in [6, 6.07) is 4.03. The molecule has 0 heterocycles. The van der Waals surface area contributed by atoms with Crippen LogP contribution in [0.1, 0.15) is 24.2 Å². The Morgan fingerprint density at radius 2 is 2.04 bits per heavy atom. The smallest absolute Gasteiger partial charge is 0.312 e. The summed E-state index contributed by atoms with van der Waals surface area (Å²) in [5, 5.41) is 14.6. The maximum Gasteiger partial charge on any atom is 0.367 e.